The molecule has 2 heterocycles. The van der Waals surface area contributed by atoms with Gasteiger partial charge in [-0.3, -0.25) is 0 Å². The van der Waals surface area contributed by atoms with Crippen LogP contribution in [0.15, 0.2) is 0 Å². The molecule has 2 atom stereocenters. The Morgan fingerprint density at radius 2 is 2.23 bits per heavy atom. The van der Waals surface area contributed by atoms with E-state index < -0.39 is 10.0 Å². The van der Waals surface area contributed by atoms with Gasteiger partial charge in [0, 0.05) is 19.0 Å². The van der Waals surface area contributed by atoms with E-state index in [-0.39, 0.29) is 5.60 Å². The molecular formula is C8H15NO3S. The second kappa shape index (κ2) is 2.68. The van der Waals surface area contributed by atoms with E-state index in [4.69, 9.17) is 4.74 Å². The van der Waals surface area contributed by atoms with Crippen LogP contribution in [0.25, 0.3) is 0 Å². The lowest BCUT2D eigenvalue weighted by molar-refractivity contribution is 0.258. The fourth-order valence-electron chi connectivity index (χ4n) is 2.08. The molecule has 0 N–H and O–H groups in total. The summed E-state index contributed by atoms with van der Waals surface area (Å²) >= 11 is 0. The molecule has 0 aliphatic carbocycles. The molecule has 0 radical (unpaired) electrons. The molecule has 1 spiro atoms. The third kappa shape index (κ3) is 1.49. The summed E-state index contributed by atoms with van der Waals surface area (Å²) in [7, 11) is -3.02. The van der Waals surface area contributed by atoms with E-state index >= 15 is 0 Å². The molecule has 0 aromatic heterocycles. The standard InChI is InChI=1S/C8H15NO3S/c1-3-7-4-9(13(2,10)11)5-8(7)6-12-8/h7H,3-6H2,1-2H3/t7-,8+/m0/s1. The second-order valence-electron chi connectivity index (χ2n) is 4.01. The first kappa shape index (κ1) is 9.43. The molecule has 5 heteroatoms. The van der Waals surface area contributed by atoms with E-state index in [9.17, 15) is 8.42 Å². The Morgan fingerprint density at radius 1 is 1.62 bits per heavy atom. The van der Waals surface area contributed by atoms with Crippen LogP contribution in [0.4, 0.5) is 0 Å². The number of rotatable bonds is 2. The van der Waals surface area contributed by atoms with Crippen molar-refractivity contribution in [3.8, 4) is 0 Å². The normalized spacial score (nSPS) is 40.0. The number of epoxide rings is 1. The monoisotopic (exact) mass is 205 g/mol. The number of hydrogen-bond acceptors (Lipinski definition) is 3. The fraction of sp³-hybridized carbons (Fsp3) is 1.00. The molecule has 4 nitrogen and oxygen atoms in total. The number of sulfonamides is 1. The summed E-state index contributed by atoms with van der Waals surface area (Å²) in [4.78, 5) is 0. The molecule has 2 aliphatic rings. The van der Waals surface area contributed by atoms with Crippen LogP contribution >= 0.6 is 0 Å². The van der Waals surface area contributed by atoms with Crippen molar-refractivity contribution in [2.75, 3.05) is 26.0 Å². The second-order valence-corrected chi connectivity index (χ2v) is 6.00. The highest BCUT2D eigenvalue weighted by Crippen LogP contribution is 2.43. The minimum atomic E-state index is -3.02. The number of ether oxygens (including phenoxy) is 1. The van der Waals surface area contributed by atoms with Gasteiger partial charge in [0.1, 0.15) is 5.60 Å². The van der Waals surface area contributed by atoms with Crippen LogP contribution in [0.5, 0.6) is 0 Å². The van der Waals surface area contributed by atoms with Gasteiger partial charge in [-0.1, -0.05) is 6.92 Å². The zero-order valence-electron chi connectivity index (χ0n) is 7.99. The quantitative estimate of drug-likeness (QED) is 0.599. The van der Waals surface area contributed by atoms with Gasteiger partial charge in [-0.25, -0.2) is 8.42 Å². The first-order valence-electron chi connectivity index (χ1n) is 4.57. The van der Waals surface area contributed by atoms with Crippen molar-refractivity contribution in [1.82, 2.24) is 4.31 Å². The van der Waals surface area contributed by atoms with Gasteiger partial charge < -0.3 is 4.74 Å². The molecule has 0 saturated carbocycles. The molecule has 0 aromatic carbocycles. The average molecular weight is 205 g/mol. The van der Waals surface area contributed by atoms with Crippen LogP contribution in [0.2, 0.25) is 0 Å². The SMILES string of the molecule is CC[C@H]1CN(S(C)(=O)=O)C[C@@]12CO2. The van der Waals surface area contributed by atoms with Gasteiger partial charge in [0.2, 0.25) is 10.0 Å². The molecular weight excluding hydrogens is 190 g/mol. The summed E-state index contributed by atoms with van der Waals surface area (Å²) in [5.74, 6) is 0.391. The van der Waals surface area contributed by atoms with Crippen molar-refractivity contribution in [2.45, 2.75) is 18.9 Å². The highest BCUT2D eigenvalue weighted by molar-refractivity contribution is 7.88. The summed E-state index contributed by atoms with van der Waals surface area (Å²) in [5.41, 5.74) is -0.113. The highest BCUT2D eigenvalue weighted by Gasteiger charge is 2.57. The zero-order valence-corrected chi connectivity index (χ0v) is 8.80. The Labute approximate surface area is 78.9 Å². The summed E-state index contributed by atoms with van der Waals surface area (Å²) in [6.07, 6.45) is 2.26. The Bertz CT molecular complexity index is 307. The smallest absolute Gasteiger partial charge is 0.211 e. The minimum absolute atomic E-state index is 0.113. The Kier molecular flexibility index (Phi) is 1.94. The van der Waals surface area contributed by atoms with Gasteiger partial charge >= 0.3 is 0 Å². The summed E-state index contributed by atoms with van der Waals surface area (Å²) < 4.78 is 29.5. The van der Waals surface area contributed by atoms with E-state index in [2.05, 4.69) is 6.92 Å². The third-order valence-corrected chi connectivity index (χ3v) is 4.31. The first-order valence-corrected chi connectivity index (χ1v) is 6.42. The summed E-state index contributed by atoms with van der Waals surface area (Å²) in [5, 5.41) is 0. The molecule has 76 valence electrons. The molecule has 0 unspecified atom stereocenters. The lowest BCUT2D eigenvalue weighted by Gasteiger charge is -2.11. The lowest BCUT2D eigenvalue weighted by Crippen LogP contribution is -2.29. The maximum absolute atomic E-state index is 11.3. The molecule has 2 saturated heterocycles. The van der Waals surface area contributed by atoms with Crippen LogP contribution in [0.1, 0.15) is 13.3 Å². The van der Waals surface area contributed by atoms with Crippen molar-refractivity contribution >= 4 is 10.0 Å². The molecule has 0 aromatic rings. The van der Waals surface area contributed by atoms with Gasteiger partial charge in [-0.05, 0) is 6.42 Å². The van der Waals surface area contributed by atoms with Crippen molar-refractivity contribution in [3.05, 3.63) is 0 Å². The van der Waals surface area contributed by atoms with E-state index in [1.54, 1.807) is 0 Å². The van der Waals surface area contributed by atoms with Gasteiger partial charge in [0.25, 0.3) is 0 Å². The average Bonchev–Trinajstić information content (AvgIpc) is 2.62. The highest BCUT2D eigenvalue weighted by atomic mass is 32.2. The van der Waals surface area contributed by atoms with Gasteiger partial charge in [0.05, 0.1) is 12.9 Å². The van der Waals surface area contributed by atoms with Crippen LogP contribution in [0, 0.1) is 5.92 Å². The number of hydrogen-bond donors (Lipinski definition) is 0. The van der Waals surface area contributed by atoms with Gasteiger partial charge in [-0.2, -0.15) is 4.31 Å². The predicted octanol–water partition coefficient (Wildman–Crippen LogP) is 0.0568. The molecule has 2 aliphatic heterocycles. The maximum Gasteiger partial charge on any atom is 0.211 e. The van der Waals surface area contributed by atoms with E-state index in [0.29, 0.717) is 19.0 Å². The molecule has 0 amide bonds. The Balaban J connectivity index is 2.15. The summed E-state index contributed by atoms with van der Waals surface area (Å²) in [6.45, 7) is 4.01. The van der Waals surface area contributed by atoms with Crippen molar-refractivity contribution < 1.29 is 13.2 Å². The Morgan fingerprint density at radius 3 is 2.54 bits per heavy atom. The van der Waals surface area contributed by atoms with Crippen LogP contribution in [0.3, 0.4) is 0 Å². The van der Waals surface area contributed by atoms with Crippen LogP contribution in [-0.4, -0.2) is 44.3 Å². The van der Waals surface area contributed by atoms with Crippen molar-refractivity contribution in [3.63, 3.8) is 0 Å². The van der Waals surface area contributed by atoms with Crippen LogP contribution in [-0.2, 0) is 14.8 Å². The fourth-order valence-corrected chi connectivity index (χ4v) is 2.98. The Hall–Kier alpha value is -0.130. The van der Waals surface area contributed by atoms with Gasteiger partial charge in [-0.15, -0.1) is 0 Å². The minimum Gasteiger partial charge on any atom is -0.368 e. The van der Waals surface area contributed by atoms with E-state index in [1.807, 2.05) is 0 Å². The van der Waals surface area contributed by atoms with E-state index in [1.165, 1.54) is 10.6 Å². The third-order valence-electron chi connectivity index (χ3n) is 3.09. The maximum atomic E-state index is 11.3. The first-order chi connectivity index (χ1) is 5.98. The number of nitrogens with zero attached hydrogens (tertiary/aromatic N) is 1. The van der Waals surface area contributed by atoms with Crippen molar-refractivity contribution in [2.24, 2.45) is 5.92 Å². The van der Waals surface area contributed by atoms with Gasteiger partial charge in [0.15, 0.2) is 0 Å². The largest absolute Gasteiger partial charge is 0.368 e. The molecule has 13 heavy (non-hydrogen) atoms. The van der Waals surface area contributed by atoms with Crippen molar-refractivity contribution in [1.29, 1.82) is 0 Å². The lowest BCUT2D eigenvalue weighted by atomic mass is 9.95. The predicted molar refractivity (Wildman–Crippen MR) is 48.9 cm³/mol. The topological polar surface area (TPSA) is 49.9 Å². The molecule has 2 fully saturated rings. The van der Waals surface area contributed by atoms with Crippen LogP contribution < -0.4 is 0 Å². The molecule has 0 bridgehead atoms. The van der Waals surface area contributed by atoms with E-state index in [0.717, 1.165) is 13.0 Å². The zero-order chi connectivity index (χ0) is 9.69. The molecule has 2 rings (SSSR count). The summed E-state index contributed by atoms with van der Waals surface area (Å²) in [6, 6.07) is 0.